The third kappa shape index (κ3) is 4.45. The lowest BCUT2D eigenvalue weighted by Gasteiger charge is -2.31. The number of rotatable bonds is 5. The molecule has 27 heavy (non-hydrogen) atoms. The maximum atomic E-state index is 12.9. The van der Waals surface area contributed by atoms with Gasteiger partial charge in [-0.05, 0) is 48.6 Å². The van der Waals surface area contributed by atoms with Gasteiger partial charge in [0.25, 0.3) is 0 Å². The largest absolute Gasteiger partial charge is 0.356 e. The van der Waals surface area contributed by atoms with E-state index in [1.54, 1.807) is 23.5 Å². The van der Waals surface area contributed by atoms with Crippen molar-refractivity contribution in [2.24, 2.45) is 5.92 Å². The molecule has 2 aromatic carbocycles. The summed E-state index contributed by atoms with van der Waals surface area (Å²) in [7, 11) is 0. The topological polar surface area (TPSA) is 45.2 Å². The zero-order valence-corrected chi connectivity index (χ0v) is 15.8. The molecule has 0 spiro atoms. The van der Waals surface area contributed by atoms with Crippen LogP contribution in [0.5, 0.6) is 0 Å². The van der Waals surface area contributed by atoms with Gasteiger partial charge in [-0.2, -0.15) is 0 Å². The highest BCUT2D eigenvalue weighted by molar-refractivity contribution is 7.22. The van der Waals surface area contributed by atoms with Crippen LogP contribution in [0.2, 0.25) is 0 Å². The van der Waals surface area contributed by atoms with Crippen LogP contribution >= 0.6 is 11.3 Å². The summed E-state index contributed by atoms with van der Waals surface area (Å²) in [6.45, 7) is 2.64. The number of nitrogens with one attached hydrogen (secondary N) is 1. The highest BCUT2D eigenvalue weighted by atomic mass is 32.1. The first-order chi connectivity index (χ1) is 13.2. The average Bonchev–Trinajstić information content (AvgIpc) is 3.13. The molecule has 0 radical (unpaired) electrons. The molecule has 4 rings (SSSR count). The van der Waals surface area contributed by atoms with Gasteiger partial charge in [0.1, 0.15) is 5.82 Å². The van der Waals surface area contributed by atoms with Crippen LogP contribution < -0.4 is 10.2 Å². The molecule has 0 saturated carbocycles. The number of fused-ring (bicyclic) bond motifs is 1. The maximum Gasteiger partial charge on any atom is 0.224 e. The number of benzene rings is 2. The van der Waals surface area contributed by atoms with E-state index < -0.39 is 0 Å². The Kier molecular flexibility index (Phi) is 5.34. The number of anilines is 1. The number of para-hydroxylation sites is 1. The Morgan fingerprint density at radius 3 is 2.63 bits per heavy atom. The van der Waals surface area contributed by atoms with Crippen molar-refractivity contribution in [1.82, 2.24) is 10.3 Å². The first-order valence-electron chi connectivity index (χ1n) is 9.29. The van der Waals surface area contributed by atoms with Gasteiger partial charge in [-0.3, -0.25) is 4.79 Å². The van der Waals surface area contributed by atoms with E-state index in [1.807, 2.05) is 12.1 Å². The third-order valence-corrected chi connectivity index (χ3v) is 6.13. The summed E-state index contributed by atoms with van der Waals surface area (Å²) in [5, 5.41) is 4.12. The molecule has 0 atom stereocenters. The number of carbonyl (C=O) groups excluding carboxylic acids is 1. The molecule has 1 saturated heterocycles. The van der Waals surface area contributed by atoms with Gasteiger partial charge in [-0.1, -0.05) is 35.6 Å². The first kappa shape index (κ1) is 17.9. The van der Waals surface area contributed by atoms with Crippen molar-refractivity contribution in [2.45, 2.75) is 19.3 Å². The van der Waals surface area contributed by atoms with E-state index in [1.165, 1.54) is 16.8 Å². The average molecular weight is 383 g/mol. The van der Waals surface area contributed by atoms with Gasteiger partial charge >= 0.3 is 0 Å². The fourth-order valence-corrected chi connectivity index (χ4v) is 4.45. The van der Waals surface area contributed by atoms with Crippen molar-refractivity contribution in [3.8, 4) is 0 Å². The Labute approximate surface area is 162 Å². The van der Waals surface area contributed by atoms with E-state index >= 15 is 0 Å². The van der Waals surface area contributed by atoms with Gasteiger partial charge in [0.05, 0.1) is 16.6 Å². The van der Waals surface area contributed by atoms with Crippen LogP contribution in [0.15, 0.2) is 48.5 Å². The number of piperidine rings is 1. The second-order valence-corrected chi connectivity index (χ2v) is 8.01. The fraction of sp³-hybridized carbons (Fsp3) is 0.333. The Bertz CT molecular complexity index is 884. The van der Waals surface area contributed by atoms with E-state index in [0.717, 1.165) is 42.1 Å². The monoisotopic (exact) mass is 383 g/mol. The van der Waals surface area contributed by atoms with Crippen LogP contribution in [0.1, 0.15) is 18.4 Å². The number of aromatic nitrogens is 1. The van der Waals surface area contributed by atoms with Gasteiger partial charge in [0.15, 0.2) is 5.13 Å². The Morgan fingerprint density at radius 1 is 1.15 bits per heavy atom. The summed E-state index contributed by atoms with van der Waals surface area (Å²) in [5.74, 6) is 0.210. The lowest BCUT2D eigenvalue weighted by atomic mass is 9.97. The molecule has 0 aliphatic carbocycles. The number of hydrogen-bond donors (Lipinski definition) is 1. The van der Waals surface area contributed by atoms with Crippen molar-refractivity contribution in [2.75, 3.05) is 24.5 Å². The van der Waals surface area contributed by atoms with E-state index in [0.29, 0.717) is 18.9 Å². The molecule has 1 N–H and O–H groups in total. The number of hydrogen-bond acceptors (Lipinski definition) is 4. The molecule has 0 unspecified atom stereocenters. The van der Waals surface area contributed by atoms with Crippen molar-refractivity contribution in [3.63, 3.8) is 0 Å². The minimum atomic E-state index is -0.279. The molecule has 1 aliphatic rings. The van der Waals surface area contributed by atoms with Gasteiger partial charge in [-0.25, -0.2) is 9.37 Å². The van der Waals surface area contributed by atoms with Crippen LogP contribution in [0.4, 0.5) is 9.52 Å². The second-order valence-electron chi connectivity index (χ2n) is 7.00. The molecule has 0 bridgehead atoms. The van der Waals surface area contributed by atoms with Crippen LogP contribution in [-0.2, 0) is 11.2 Å². The molecular formula is C21H22FN3OS. The lowest BCUT2D eigenvalue weighted by molar-refractivity contribution is -0.120. The molecule has 1 amide bonds. The SMILES string of the molecule is O=C(Cc1ccc(F)cc1)NCC1CCN(c2nc3ccccc3s2)CC1. The van der Waals surface area contributed by atoms with E-state index in [9.17, 15) is 9.18 Å². The first-order valence-corrected chi connectivity index (χ1v) is 10.1. The zero-order valence-electron chi connectivity index (χ0n) is 15.0. The summed E-state index contributed by atoms with van der Waals surface area (Å²) < 4.78 is 14.1. The Hall–Kier alpha value is -2.47. The summed E-state index contributed by atoms with van der Waals surface area (Å²) >= 11 is 1.74. The highest BCUT2D eigenvalue weighted by Gasteiger charge is 2.22. The minimum absolute atomic E-state index is 0.00443. The van der Waals surface area contributed by atoms with Gasteiger partial charge < -0.3 is 10.2 Å². The normalized spacial score (nSPS) is 15.2. The highest BCUT2D eigenvalue weighted by Crippen LogP contribution is 2.31. The number of halogens is 1. The summed E-state index contributed by atoms with van der Waals surface area (Å²) in [6, 6.07) is 14.3. The predicted molar refractivity (Wildman–Crippen MR) is 108 cm³/mol. The number of nitrogens with zero attached hydrogens (tertiary/aromatic N) is 2. The number of thiazole rings is 1. The molecule has 1 fully saturated rings. The number of carbonyl (C=O) groups is 1. The zero-order chi connectivity index (χ0) is 18.6. The van der Waals surface area contributed by atoms with Crippen molar-refractivity contribution >= 4 is 32.6 Å². The van der Waals surface area contributed by atoms with Crippen molar-refractivity contribution in [1.29, 1.82) is 0 Å². The molecule has 1 aromatic heterocycles. The van der Waals surface area contributed by atoms with E-state index in [2.05, 4.69) is 22.3 Å². The summed E-state index contributed by atoms with van der Waals surface area (Å²) in [5.41, 5.74) is 1.90. The van der Waals surface area contributed by atoms with Crippen molar-refractivity contribution < 1.29 is 9.18 Å². The summed E-state index contributed by atoms with van der Waals surface area (Å²) in [6.07, 6.45) is 2.39. The maximum absolute atomic E-state index is 12.9. The molecule has 3 aromatic rings. The lowest BCUT2D eigenvalue weighted by Crippen LogP contribution is -2.39. The quantitative estimate of drug-likeness (QED) is 0.724. The fourth-order valence-electron chi connectivity index (χ4n) is 3.43. The molecule has 1 aliphatic heterocycles. The van der Waals surface area contributed by atoms with Gasteiger partial charge in [0, 0.05) is 19.6 Å². The molecule has 4 nitrogen and oxygen atoms in total. The smallest absolute Gasteiger partial charge is 0.224 e. The molecule has 140 valence electrons. The van der Waals surface area contributed by atoms with Crippen LogP contribution in [0.25, 0.3) is 10.2 Å². The van der Waals surface area contributed by atoms with Crippen molar-refractivity contribution in [3.05, 3.63) is 59.9 Å². The Morgan fingerprint density at radius 2 is 1.89 bits per heavy atom. The Balaban J connectivity index is 1.24. The van der Waals surface area contributed by atoms with Gasteiger partial charge in [0.2, 0.25) is 5.91 Å². The standard InChI is InChI=1S/C21H22FN3OS/c22-17-7-5-15(6-8-17)13-20(26)23-14-16-9-11-25(12-10-16)21-24-18-3-1-2-4-19(18)27-21/h1-8,16H,9-14H2,(H,23,26). The molecule has 2 heterocycles. The summed E-state index contributed by atoms with van der Waals surface area (Å²) in [4.78, 5) is 19.2. The molecular weight excluding hydrogens is 361 g/mol. The van der Waals surface area contributed by atoms with Crippen LogP contribution in [0, 0.1) is 11.7 Å². The van der Waals surface area contributed by atoms with Gasteiger partial charge in [-0.15, -0.1) is 0 Å². The number of amides is 1. The minimum Gasteiger partial charge on any atom is -0.356 e. The predicted octanol–water partition coefficient (Wildman–Crippen LogP) is 4.01. The van der Waals surface area contributed by atoms with E-state index in [4.69, 9.17) is 4.98 Å². The second kappa shape index (κ2) is 8.05. The van der Waals surface area contributed by atoms with Crippen LogP contribution in [0.3, 0.4) is 0 Å². The molecule has 6 heteroatoms. The third-order valence-electron chi connectivity index (χ3n) is 5.03. The van der Waals surface area contributed by atoms with E-state index in [-0.39, 0.29) is 11.7 Å². The van der Waals surface area contributed by atoms with Crippen LogP contribution in [-0.4, -0.2) is 30.5 Å².